The molecule has 2 atom stereocenters. The van der Waals surface area contributed by atoms with Crippen molar-refractivity contribution < 1.29 is 4.79 Å². The monoisotopic (exact) mass is 264 g/mol. The Labute approximate surface area is 120 Å². The summed E-state index contributed by atoms with van der Waals surface area (Å²) < 4.78 is 0. The van der Waals surface area contributed by atoms with Gasteiger partial charge in [0, 0.05) is 11.5 Å². The third-order valence-electron chi connectivity index (χ3n) is 4.37. The summed E-state index contributed by atoms with van der Waals surface area (Å²) in [6.45, 7) is 6.20. The SMILES string of the molecule is Cc1ccc(C)c(C(=O)C2CC2c2ccccc2C)c1. The fourth-order valence-corrected chi connectivity index (χ4v) is 3.03. The van der Waals surface area contributed by atoms with E-state index in [1.165, 1.54) is 11.1 Å². The topological polar surface area (TPSA) is 17.1 Å². The number of hydrogen-bond acceptors (Lipinski definition) is 1. The van der Waals surface area contributed by atoms with Crippen molar-refractivity contribution in [1.82, 2.24) is 0 Å². The summed E-state index contributed by atoms with van der Waals surface area (Å²) in [7, 11) is 0. The van der Waals surface area contributed by atoms with Gasteiger partial charge in [-0.2, -0.15) is 0 Å². The molecule has 20 heavy (non-hydrogen) atoms. The fourth-order valence-electron chi connectivity index (χ4n) is 3.03. The average Bonchev–Trinajstić information content (AvgIpc) is 3.21. The van der Waals surface area contributed by atoms with Crippen LogP contribution in [-0.4, -0.2) is 5.78 Å². The van der Waals surface area contributed by atoms with Gasteiger partial charge in [0.05, 0.1) is 0 Å². The molecule has 1 aliphatic rings. The zero-order chi connectivity index (χ0) is 14.3. The number of benzene rings is 2. The number of rotatable bonds is 3. The first-order valence-corrected chi connectivity index (χ1v) is 7.25. The van der Waals surface area contributed by atoms with Crippen molar-refractivity contribution in [2.24, 2.45) is 5.92 Å². The largest absolute Gasteiger partial charge is 0.294 e. The smallest absolute Gasteiger partial charge is 0.166 e. The molecule has 102 valence electrons. The quantitative estimate of drug-likeness (QED) is 0.740. The molecule has 1 saturated carbocycles. The number of carbonyl (C=O) groups is 1. The summed E-state index contributed by atoms with van der Waals surface area (Å²) >= 11 is 0. The van der Waals surface area contributed by atoms with Gasteiger partial charge in [0.25, 0.3) is 0 Å². The van der Waals surface area contributed by atoms with E-state index in [4.69, 9.17) is 0 Å². The lowest BCUT2D eigenvalue weighted by molar-refractivity contribution is 0.0964. The van der Waals surface area contributed by atoms with Gasteiger partial charge in [-0.3, -0.25) is 4.79 Å². The summed E-state index contributed by atoms with van der Waals surface area (Å²) in [5.74, 6) is 0.916. The molecule has 2 aromatic rings. The molecule has 1 fully saturated rings. The van der Waals surface area contributed by atoms with Crippen LogP contribution in [0.3, 0.4) is 0 Å². The van der Waals surface area contributed by atoms with Crippen LogP contribution < -0.4 is 0 Å². The van der Waals surface area contributed by atoms with E-state index >= 15 is 0 Å². The van der Waals surface area contributed by atoms with Crippen LogP contribution in [0.5, 0.6) is 0 Å². The van der Waals surface area contributed by atoms with E-state index < -0.39 is 0 Å². The number of aryl methyl sites for hydroxylation is 3. The van der Waals surface area contributed by atoms with Crippen LogP contribution in [0.4, 0.5) is 0 Å². The van der Waals surface area contributed by atoms with E-state index in [0.29, 0.717) is 11.7 Å². The summed E-state index contributed by atoms with van der Waals surface area (Å²) in [5.41, 5.74) is 5.80. The van der Waals surface area contributed by atoms with Gasteiger partial charge in [-0.15, -0.1) is 0 Å². The second-order valence-corrected chi connectivity index (χ2v) is 5.99. The maximum atomic E-state index is 12.7. The Morgan fingerprint density at radius 1 is 1.00 bits per heavy atom. The summed E-state index contributed by atoms with van der Waals surface area (Å²) in [6.07, 6.45) is 0.997. The Morgan fingerprint density at radius 3 is 2.50 bits per heavy atom. The van der Waals surface area contributed by atoms with Crippen molar-refractivity contribution in [2.45, 2.75) is 33.1 Å². The fraction of sp³-hybridized carbons (Fsp3) is 0.316. The normalized spacial score (nSPS) is 20.8. The maximum Gasteiger partial charge on any atom is 0.166 e. The Kier molecular flexibility index (Phi) is 3.21. The molecule has 1 aliphatic carbocycles. The van der Waals surface area contributed by atoms with Crippen molar-refractivity contribution >= 4 is 5.78 Å². The van der Waals surface area contributed by atoms with Gasteiger partial charge in [-0.05, 0) is 55.9 Å². The number of Topliss-reactive ketones (excluding diaryl/α,β-unsaturated/α-hetero) is 1. The zero-order valence-corrected chi connectivity index (χ0v) is 12.3. The first-order chi connectivity index (χ1) is 9.58. The number of carbonyl (C=O) groups excluding carboxylic acids is 1. The van der Waals surface area contributed by atoms with Crippen LogP contribution in [0.1, 0.15) is 45.0 Å². The van der Waals surface area contributed by atoms with Crippen LogP contribution in [-0.2, 0) is 0 Å². The van der Waals surface area contributed by atoms with E-state index in [0.717, 1.165) is 23.1 Å². The maximum absolute atomic E-state index is 12.7. The van der Waals surface area contributed by atoms with Crippen LogP contribution >= 0.6 is 0 Å². The number of ketones is 1. The predicted octanol–water partition coefficient (Wildman–Crippen LogP) is 4.60. The molecule has 0 spiro atoms. The van der Waals surface area contributed by atoms with Crippen molar-refractivity contribution in [2.75, 3.05) is 0 Å². The molecule has 3 rings (SSSR count). The van der Waals surface area contributed by atoms with E-state index in [1.54, 1.807) is 0 Å². The first-order valence-electron chi connectivity index (χ1n) is 7.25. The van der Waals surface area contributed by atoms with Crippen LogP contribution in [0.2, 0.25) is 0 Å². The Bertz CT molecular complexity index is 669. The molecule has 1 heteroatoms. The van der Waals surface area contributed by atoms with Gasteiger partial charge in [0.15, 0.2) is 5.78 Å². The third-order valence-corrected chi connectivity index (χ3v) is 4.37. The van der Waals surface area contributed by atoms with E-state index in [9.17, 15) is 4.79 Å². The van der Waals surface area contributed by atoms with Gasteiger partial charge in [-0.1, -0.05) is 42.0 Å². The molecular weight excluding hydrogens is 244 g/mol. The highest BCUT2D eigenvalue weighted by molar-refractivity contribution is 6.01. The molecule has 0 radical (unpaired) electrons. The predicted molar refractivity (Wildman–Crippen MR) is 82.3 cm³/mol. The summed E-state index contributed by atoms with van der Waals surface area (Å²) in [4.78, 5) is 12.7. The zero-order valence-electron chi connectivity index (χ0n) is 12.3. The van der Waals surface area contributed by atoms with Crippen LogP contribution in [0, 0.1) is 26.7 Å². The third kappa shape index (κ3) is 2.29. The molecule has 0 aliphatic heterocycles. The molecule has 0 amide bonds. The van der Waals surface area contributed by atoms with Crippen molar-refractivity contribution in [1.29, 1.82) is 0 Å². The van der Waals surface area contributed by atoms with Gasteiger partial charge < -0.3 is 0 Å². The average molecular weight is 264 g/mol. The Balaban J connectivity index is 1.84. The van der Waals surface area contributed by atoms with Crippen molar-refractivity contribution in [3.63, 3.8) is 0 Å². The molecule has 0 saturated heterocycles. The second kappa shape index (κ2) is 4.90. The highest BCUT2D eigenvalue weighted by Gasteiger charge is 2.44. The van der Waals surface area contributed by atoms with Gasteiger partial charge >= 0.3 is 0 Å². The standard InChI is InChI=1S/C19H20O/c1-12-8-9-14(3)16(10-12)19(20)18-11-17(18)15-7-5-4-6-13(15)2/h4-10,17-18H,11H2,1-3H3. The molecule has 0 bridgehead atoms. The highest BCUT2D eigenvalue weighted by Crippen LogP contribution is 2.50. The molecule has 2 aromatic carbocycles. The molecular formula is C19H20O. The van der Waals surface area contributed by atoms with Crippen LogP contribution in [0.15, 0.2) is 42.5 Å². The summed E-state index contributed by atoms with van der Waals surface area (Å²) in [6, 6.07) is 14.6. The molecule has 1 nitrogen and oxygen atoms in total. The lowest BCUT2D eigenvalue weighted by atomic mass is 9.96. The second-order valence-electron chi connectivity index (χ2n) is 5.99. The van der Waals surface area contributed by atoms with Crippen LogP contribution in [0.25, 0.3) is 0 Å². The van der Waals surface area contributed by atoms with Crippen molar-refractivity contribution in [3.8, 4) is 0 Å². The van der Waals surface area contributed by atoms with Gasteiger partial charge in [-0.25, -0.2) is 0 Å². The van der Waals surface area contributed by atoms with Gasteiger partial charge in [0.1, 0.15) is 0 Å². The van der Waals surface area contributed by atoms with E-state index in [2.05, 4.69) is 37.3 Å². The molecule has 0 aromatic heterocycles. The minimum Gasteiger partial charge on any atom is -0.294 e. The lowest BCUT2D eigenvalue weighted by Gasteiger charge is -2.07. The van der Waals surface area contributed by atoms with E-state index in [1.807, 2.05) is 26.0 Å². The molecule has 0 heterocycles. The minimum atomic E-state index is 0.177. The Hall–Kier alpha value is -1.89. The minimum absolute atomic E-state index is 0.177. The van der Waals surface area contributed by atoms with Gasteiger partial charge in [0.2, 0.25) is 0 Å². The first kappa shape index (κ1) is 13.1. The van der Waals surface area contributed by atoms with E-state index in [-0.39, 0.29) is 5.92 Å². The highest BCUT2D eigenvalue weighted by atomic mass is 16.1. The summed E-state index contributed by atoms with van der Waals surface area (Å²) in [5, 5.41) is 0. The lowest BCUT2D eigenvalue weighted by Crippen LogP contribution is -2.06. The molecule has 0 N–H and O–H groups in total. The molecule has 2 unspecified atom stereocenters. The number of hydrogen-bond donors (Lipinski definition) is 0. The Morgan fingerprint density at radius 2 is 1.75 bits per heavy atom. The van der Waals surface area contributed by atoms with Crippen molar-refractivity contribution in [3.05, 3.63) is 70.3 Å².